The Hall–Kier alpha value is -3.10. The number of carbonyl (C=O) groups is 1. The SMILES string of the molecule is COCCNC(=O)CN(c1nc(-c2ccc(OC)cc2)cs1)c1ccccc1OC. The Bertz CT molecular complexity index is 959. The molecular weight excluding hydrogens is 402 g/mol. The highest BCUT2D eigenvalue weighted by molar-refractivity contribution is 7.14. The fraction of sp³-hybridized carbons (Fsp3) is 0.273. The lowest BCUT2D eigenvalue weighted by molar-refractivity contribution is -0.119. The standard InChI is InChI=1S/C22H25N3O4S/c1-27-13-12-23-21(26)14-25(19-6-4-5-7-20(19)29-3)22-24-18(15-30-22)16-8-10-17(28-2)11-9-16/h4-11,15H,12-14H2,1-3H3,(H,23,26). The Morgan fingerprint density at radius 3 is 2.53 bits per heavy atom. The molecule has 0 aliphatic heterocycles. The molecule has 0 radical (unpaired) electrons. The number of ether oxygens (including phenoxy) is 3. The van der Waals surface area contributed by atoms with Gasteiger partial charge in [-0.25, -0.2) is 4.98 Å². The van der Waals surface area contributed by atoms with Gasteiger partial charge in [-0.1, -0.05) is 12.1 Å². The maximum atomic E-state index is 12.5. The van der Waals surface area contributed by atoms with E-state index in [0.717, 1.165) is 22.7 Å². The quantitative estimate of drug-likeness (QED) is 0.497. The van der Waals surface area contributed by atoms with E-state index in [9.17, 15) is 4.79 Å². The van der Waals surface area contributed by atoms with Crippen LogP contribution in [0.3, 0.4) is 0 Å². The van der Waals surface area contributed by atoms with E-state index in [1.54, 1.807) is 21.3 Å². The number of amides is 1. The van der Waals surface area contributed by atoms with Crippen LogP contribution in [0.4, 0.5) is 10.8 Å². The minimum absolute atomic E-state index is 0.111. The molecule has 1 amide bonds. The zero-order valence-electron chi connectivity index (χ0n) is 17.3. The van der Waals surface area contributed by atoms with Crippen molar-refractivity contribution in [3.8, 4) is 22.8 Å². The lowest BCUT2D eigenvalue weighted by Gasteiger charge is -2.23. The highest BCUT2D eigenvalue weighted by Crippen LogP contribution is 2.36. The molecule has 1 N–H and O–H groups in total. The number of anilines is 2. The van der Waals surface area contributed by atoms with Crippen molar-refractivity contribution < 1.29 is 19.0 Å². The van der Waals surface area contributed by atoms with Crippen LogP contribution < -0.4 is 19.7 Å². The van der Waals surface area contributed by atoms with Crippen LogP contribution in [0.15, 0.2) is 53.9 Å². The third-order valence-corrected chi connectivity index (χ3v) is 5.28. The van der Waals surface area contributed by atoms with Gasteiger partial charge in [-0.2, -0.15) is 0 Å². The summed E-state index contributed by atoms with van der Waals surface area (Å²) in [6.07, 6.45) is 0. The van der Waals surface area contributed by atoms with Crippen molar-refractivity contribution in [1.82, 2.24) is 10.3 Å². The number of rotatable bonds is 10. The predicted octanol–water partition coefficient (Wildman–Crippen LogP) is 3.73. The van der Waals surface area contributed by atoms with Gasteiger partial charge < -0.3 is 24.4 Å². The summed E-state index contributed by atoms with van der Waals surface area (Å²) >= 11 is 1.47. The second-order valence-electron chi connectivity index (χ2n) is 6.34. The molecule has 30 heavy (non-hydrogen) atoms. The molecule has 3 rings (SSSR count). The normalized spacial score (nSPS) is 10.5. The zero-order valence-corrected chi connectivity index (χ0v) is 18.1. The molecule has 2 aromatic carbocycles. The summed E-state index contributed by atoms with van der Waals surface area (Å²) in [6, 6.07) is 15.3. The molecule has 0 atom stereocenters. The molecule has 0 fully saturated rings. The summed E-state index contributed by atoms with van der Waals surface area (Å²) in [5.41, 5.74) is 2.58. The first-order valence-corrected chi connectivity index (χ1v) is 10.3. The molecular formula is C22H25N3O4S. The summed E-state index contributed by atoms with van der Waals surface area (Å²) in [6.45, 7) is 1.02. The average Bonchev–Trinajstić information content (AvgIpc) is 3.27. The van der Waals surface area contributed by atoms with Crippen LogP contribution in [0.25, 0.3) is 11.3 Å². The monoisotopic (exact) mass is 427 g/mol. The van der Waals surface area contributed by atoms with Gasteiger partial charge in [0, 0.05) is 24.6 Å². The number of hydrogen-bond acceptors (Lipinski definition) is 7. The van der Waals surface area contributed by atoms with Gasteiger partial charge in [0.05, 0.1) is 32.2 Å². The summed E-state index contributed by atoms with van der Waals surface area (Å²) in [5, 5.41) is 5.53. The summed E-state index contributed by atoms with van der Waals surface area (Å²) in [7, 11) is 4.85. The largest absolute Gasteiger partial charge is 0.497 e. The van der Waals surface area contributed by atoms with Crippen molar-refractivity contribution in [2.45, 2.75) is 0 Å². The predicted molar refractivity (Wildman–Crippen MR) is 119 cm³/mol. The summed E-state index contributed by atoms with van der Waals surface area (Å²) in [4.78, 5) is 19.2. The highest BCUT2D eigenvalue weighted by atomic mass is 32.1. The second kappa shape index (κ2) is 10.6. The molecule has 1 aromatic heterocycles. The van der Waals surface area contributed by atoms with Gasteiger partial charge in [0.25, 0.3) is 0 Å². The van der Waals surface area contributed by atoms with E-state index in [0.29, 0.717) is 24.0 Å². The number of thiazole rings is 1. The molecule has 0 saturated heterocycles. The number of aromatic nitrogens is 1. The van der Waals surface area contributed by atoms with Crippen LogP contribution in [-0.4, -0.2) is 51.9 Å². The van der Waals surface area contributed by atoms with Crippen LogP contribution in [0.1, 0.15) is 0 Å². The van der Waals surface area contributed by atoms with Crippen molar-refractivity contribution in [3.05, 3.63) is 53.9 Å². The van der Waals surface area contributed by atoms with Crippen molar-refractivity contribution in [2.24, 2.45) is 0 Å². The van der Waals surface area contributed by atoms with E-state index in [2.05, 4.69) is 5.32 Å². The third-order valence-electron chi connectivity index (χ3n) is 4.41. The Morgan fingerprint density at radius 2 is 1.83 bits per heavy atom. The van der Waals surface area contributed by atoms with Crippen molar-refractivity contribution in [1.29, 1.82) is 0 Å². The molecule has 0 bridgehead atoms. The van der Waals surface area contributed by atoms with Crippen molar-refractivity contribution in [2.75, 3.05) is 45.9 Å². The second-order valence-corrected chi connectivity index (χ2v) is 7.18. The number of nitrogens with zero attached hydrogens (tertiary/aromatic N) is 2. The van der Waals surface area contributed by atoms with E-state index >= 15 is 0 Å². The Kier molecular flexibility index (Phi) is 7.64. The first kappa shape index (κ1) is 21.6. The number of carbonyl (C=O) groups excluding carboxylic acids is 1. The summed E-state index contributed by atoms with van der Waals surface area (Å²) in [5.74, 6) is 1.33. The van der Waals surface area contributed by atoms with Crippen LogP contribution in [0, 0.1) is 0 Å². The van der Waals surface area contributed by atoms with Gasteiger partial charge in [-0.3, -0.25) is 4.79 Å². The van der Waals surface area contributed by atoms with E-state index in [4.69, 9.17) is 19.2 Å². The minimum Gasteiger partial charge on any atom is -0.497 e. The first-order chi connectivity index (χ1) is 14.7. The van der Waals surface area contributed by atoms with E-state index in [-0.39, 0.29) is 12.5 Å². The zero-order chi connectivity index (χ0) is 21.3. The minimum atomic E-state index is -0.126. The lowest BCUT2D eigenvalue weighted by atomic mass is 10.2. The molecule has 0 aliphatic rings. The molecule has 0 saturated carbocycles. The first-order valence-electron chi connectivity index (χ1n) is 9.42. The molecule has 0 unspecified atom stereocenters. The topological polar surface area (TPSA) is 72.9 Å². The van der Waals surface area contributed by atoms with Gasteiger partial charge in [0.2, 0.25) is 5.91 Å². The number of nitrogens with one attached hydrogen (secondary N) is 1. The molecule has 158 valence electrons. The Morgan fingerprint density at radius 1 is 1.07 bits per heavy atom. The Labute approximate surface area is 180 Å². The van der Waals surface area contributed by atoms with Crippen LogP contribution in [-0.2, 0) is 9.53 Å². The fourth-order valence-electron chi connectivity index (χ4n) is 2.88. The van der Waals surface area contributed by atoms with E-state index in [1.807, 2.05) is 58.8 Å². The molecule has 7 nitrogen and oxygen atoms in total. The summed E-state index contributed by atoms with van der Waals surface area (Å²) < 4.78 is 15.7. The Balaban J connectivity index is 1.89. The smallest absolute Gasteiger partial charge is 0.240 e. The van der Waals surface area contributed by atoms with E-state index in [1.165, 1.54) is 11.3 Å². The maximum absolute atomic E-state index is 12.5. The number of benzene rings is 2. The van der Waals surface area contributed by atoms with Gasteiger partial charge >= 0.3 is 0 Å². The number of hydrogen-bond donors (Lipinski definition) is 1. The third kappa shape index (κ3) is 5.28. The average molecular weight is 428 g/mol. The van der Waals surface area contributed by atoms with Gasteiger partial charge in [-0.05, 0) is 36.4 Å². The number of methoxy groups -OCH3 is 3. The highest BCUT2D eigenvalue weighted by Gasteiger charge is 2.20. The van der Waals surface area contributed by atoms with Crippen LogP contribution in [0.5, 0.6) is 11.5 Å². The van der Waals surface area contributed by atoms with E-state index < -0.39 is 0 Å². The van der Waals surface area contributed by atoms with Crippen molar-refractivity contribution in [3.63, 3.8) is 0 Å². The molecule has 1 heterocycles. The van der Waals surface area contributed by atoms with Gasteiger partial charge in [-0.15, -0.1) is 11.3 Å². The molecule has 8 heteroatoms. The van der Waals surface area contributed by atoms with Gasteiger partial charge in [0.1, 0.15) is 18.0 Å². The lowest BCUT2D eigenvalue weighted by Crippen LogP contribution is -2.36. The molecule has 0 aliphatic carbocycles. The molecule has 3 aromatic rings. The van der Waals surface area contributed by atoms with Crippen LogP contribution in [0.2, 0.25) is 0 Å². The molecule has 0 spiro atoms. The van der Waals surface area contributed by atoms with Crippen molar-refractivity contribution >= 4 is 28.1 Å². The maximum Gasteiger partial charge on any atom is 0.240 e. The fourth-order valence-corrected chi connectivity index (χ4v) is 3.73. The van der Waals surface area contributed by atoms with Crippen LogP contribution >= 0.6 is 11.3 Å². The number of para-hydroxylation sites is 2. The van der Waals surface area contributed by atoms with Gasteiger partial charge in [0.15, 0.2) is 5.13 Å².